The molecule has 4 rings (SSSR count). The van der Waals surface area contributed by atoms with Crippen molar-refractivity contribution < 1.29 is 14.3 Å². The lowest BCUT2D eigenvalue weighted by Crippen LogP contribution is -2.48. The normalized spacial score (nSPS) is 20.5. The number of anilines is 1. The van der Waals surface area contributed by atoms with Crippen molar-refractivity contribution in [3.05, 3.63) is 36.4 Å². The van der Waals surface area contributed by atoms with Crippen LogP contribution in [0.2, 0.25) is 0 Å². The second-order valence-electron chi connectivity index (χ2n) is 7.18. The Morgan fingerprint density at radius 3 is 2.64 bits per heavy atom. The average molecular weight is 384 g/mol. The molecule has 2 saturated heterocycles. The maximum Gasteiger partial charge on any atom is 0.317 e. The zero-order chi connectivity index (χ0) is 19.5. The Hall–Kier alpha value is -3.10. The molecule has 0 aliphatic carbocycles. The van der Waals surface area contributed by atoms with Gasteiger partial charge in [0.25, 0.3) is 0 Å². The molecule has 3 heterocycles. The smallest absolute Gasteiger partial charge is 0.317 e. The van der Waals surface area contributed by atoms with Crippen LogP contribution in [0, 0.1) is 0 Å². The second kappa shape index (κ2) is 7.87. The molecule has 9 nitrogen and oxygen atoms in total. The van der Waals surface area contributed by atoms with Crippen molar-refractivity contribution >= 4 is 17.6 Å². The van der Waals surface area contributed by atoms with Gasteiger partial charge in [0.1, 0.15) is 17.9 Å². The van der Waals surface area contributed by atoms with E-state index in [0.717, 1.165) is 30.1 Å². The van der Waals surface area contributed by atoms with Gasteiger partial charge in [-0.15, -0.1) is 0 Å². The number of ether oxygens (including phenoxy) is 1. The molecule has 28 heavy (non-hydrogen) atoms. The van der Waals surface area contributed by atoms with Gasteiger partial charge in [0.05, 0.1) is 13.2 Å². The van der Waals surface area contributed by atoms with Crippen LogP contribution < -0.4 is 15.0 Å². The van der Waals surface area contributed by atoms with Crippen LogP contribution in [0.5, 0.6) is 5.75 Å². The molecule has 2 aromatic rings. The first-order valence-corrected chi connectivity index (χ1v) is 9.49. The monoisotopic (exact) mass is 384 g/mol. The summed E-state index contributed by atoms with van der Waals surface area (Å²) in [6.45, 7) is 1.81. The lowest BCUT2D eigenvalue weighted by atomic mass is 9.96. The highest BCUT2D eigenvalue weighted by atomic mass is 16.5. The number of hydrogen-bond donors (Lipinski definition) is 2. The summed E-state index contributed by atoms with van der Waals surface area (Å²) in [6.07, 6.45) is 3.53. The highest BCUT2D eigenvalue weighted by molar-refractivity contribution is 5.96. The van der Waals surface area contributed by atoms with Crippen LogP contribution in [-0.2, 0) is 4.79 Å². The zero-order valence-electron chi connectivity index (χ0n) is 15.8. The molecule has 2 fully saturated rings. The summed E-state index contributed by atoms with van der Waals surface area (Å²) in [5, 5.41) is 9.82. The van der Waals surface area contributed by atoms with Crippen molar-refractivity contribution in [2.45, 2.75) is 31.2 Å². The summed E-state index contributed by atoms with van der Waals surface area (Å²) in [7, 11) is 1.61. The molecule has 148 valence electrons. The minimum atomic E-state index is -0.186. The highest BCUT2D eigenvalue weighted by Crippen LogP contribution is 2.26. The minimum Gasteiger partial charge on any atom is -0.497 e. The lowest BCUT2D eigenvalue weighted by molar-refractivity contribution is -0.117. The van der Waals surface area contributed by atoms with Crippen LogP contribution >= 0.6 is 0 Å². The first kappa shape index (κ1) is 18.3. The first-order chi connectivity index (χ1) is 13.6. The Bertz CT molecular complexity index is 815. The van der Waals surface area contributed by atoms with Crippen molar-refractivity contribution in [2.75, 3.05) is 31.6 Å². The Kier molecular flexibility index (Phi) is 5.14. The summed E-state index contributed by atoms with van der Waals surface area (Å²) in [5.74, 6) is 1.95. The van der Waals surface area contributed by atoms with Crippen molar-refractivity contribution in [1.82, 2.24) is 25.4 Å². The van der Waals surface area contributed by atoms with Gasteiger partial charge in [0.2, 0.25) is 5.91 Å². The zero-order valence-corrected chi connectivity index (χ0v) is 15.8. The topological polar surface area (TPSA) is 103 Å². The number of carbonyl (C=O) groups excluding carboxylic acids is 2. The van der Waals surface area contributed by atoms with E-state index in [1.54, 1.807) is 12.0 Å². The molecule has 0 radical (unpaired) electrons. The SMILES string of the molecule is COc1ccc(N2C[C@@H](NC(=O)N3CCC(c4ncn[nH]4)CC3)CC2=O)cc1. The molecular formula is C19H24N6O3. The third kappa shape index (κ3) is 3.78. The standard InChI is InChI=1S/C19H24N6O3/c1-28-16-4-2-15(3-5-16)25-11-14(10-17(25)26)22-19(27)24-8-6-13(7-9-24)18-20-12-21-23-18/h2-5,12-14H,6-11H2,1H3,(H,22,27)(H,20,21,23)/t14-/m0/s1. The van der Waals surface area contributed by atoms with E-state index in [2.05, 4.69) is 20.5 Å². The summed E-state index contributed by atoms with van der Waals surface area (Å²) in [6, 6.07) is 7.07. The van der Waals surface area contributed by atoms with E-state index < -0.39 is 0 Å². The number of carbonyl (C=O) groups is 2. The third-order valence-corrected chi connectivity index (χ3v) is 5.44. The van der Waals surface area contributed by atoms with E-state index in [1.807, 2.05) is 29.2 Å². The van der Waals surface area contributed by atoms with Crippen LogP contribution in [0.25, 0.3) is 0 Å². The predicted molar refractivity (Wildman–Crippen MR) is 102 cm³/mol. The molecule has 2 N–H and O–H groups in total. The highest BCUT2D eigenvalue weighted by Gasteiger charge is 2.33. The number of aromatic amines is 1. The second-order valence-corrected chi connectivity index (χ2v) is 7.18. The van der Waals surface area contributed by atoms with Gasteiger partial charge in [-0.2, -0.15) is 5.10 Å². The number of aromatic nitrogens is 3. The number of nitrogens with one attached hydrogen (secondary N) is 2. The van der Waals surface area contributed by atoms with Crippen LogP contribution in [0.15, 0.2) is 30.6 Å². The number of rotatable bonds is 4. The predicted octanol–water partition coefficient (Wildman–Crippen LogP) is 1.51. The number of urea groups is 1. The van der Waals surface area contributed by atoms with Crippen LogP contribution in [-0.4, -0.2) is 64.8 Å². The van der Waals surface area contributed by atoms with Gasteiger partial charge < -0.3 is 19.9 Å². The number of methoxy groups -OCH3 is 1. The maximum atomic E-state index is 12.6. The Labute approximate surface area is 163 Å². The van der Waals surface area contributed by atoms with Gasteiger partial charge in [-0.25, -0.2) is 9.78 Å². The summed E-state index contributed by atoms with van der Waals surface area (Å²) >= 11 is 0. The molecule has 0 unspecified atom stereocenters. The van der Waals surface area contributed by atoms with Crippen LogP contribution in [0.4, 0.5) is 10.5 Å². The summed E-state index contributed by atoms with van der Waals surface area (Å²) < 4.78 is 5.16. The Balaban J connectivity index is 1.30. The van der Waals surface area contributed by atoms with E-state index in [4.69, 9.17) is 4.74 Å². The third-order valence-electron chi connectivity index (χ3n) is 5.44. The number of H-pyrrole nitrogens is 1. The quantitative estimate of drug-likeness (QED) is 0.832. The molecular weight excluding hydrogens is 360 g/mol. The fourth-order valence-electron chi connectivity index (χ4n) is 3.85. The number of amides is 3. The van der Waals surface area contributed by atoms with Gasteiger partial charge in [0.15, 0.2) is 0 Å². The van der Waals surface area contributed by atoms with Crippen molar-refractivity contribution in [3.8, 4) is 5.75 Å². The fourth-order valence-corrected chi connectivity index (χ4v) is 3.85. The molecule has 2 aliphatic heterocycles. The van der Waals surface area contributed by atoms with Crippen molar-refractivity contribution in [3.63, 3.8) is 0 Å². The van der Waals surface area contributed by atoms with Gasteiger partial charge in [-0.1, -0.05) is 0 Å². The molecule has 0 bridgehead atoms. The van der Waals surface area contributed by atoms with E-state index in [-0.39, 0.29) is 18.0 Å². The molecule has 2 aliphatic rings. The van der Waals surface area contributed by atoms with E-state index in [1.165, 1.54) is 6.33 Å². The lowest BCUT2D eigenvalue weighted by Gasteiger charge is -2.31. The number of hydrogen-bond acceptors (Lipinski definition) is 5. The number of benzene rings is 1. The average Bonchev–Trinajstić information content (AvgIpc) is 3.38. The van der Waals surface area contributed by atoms with Crippen LogP contribution in [0.3, 0.4) is 0 Å². The number of likely N-dealkylation sites (tertiary alicyclic amines) is 1. The molecule has 0 spiro atoms. The van der Waals surface area contributed by atoms with Crippen molar-refractivity contribution in [1.29, 1.82) is 0 Å². The maximum absolute atomic E-state index is 12.6. The molecule has 9 heteroatoms. The molecule has 1 aromatic heterocycles. The van der Waals surface area contributed by atoms with Gasteiger partial charge in [0, 0.05) is 37.7 Å². The van der Waals surface area contributed by atoms with E-state index in [0.29, 0.717) is 32.0 Å². The molecule has 3 amide bonds. The largest absolute Gasteiger partial charge is 0.497 e. The Morgan fingerprint density at radius 2 is 2.00 bits per heavy atom. The van der Waals surface area contributed by atoms with Crippen molar-refractivity contribution in [2.24, 2.45) is 0 Å². The minimum absolute atomic E-state index is 0.0134. The van der Waals surface area contributed by atoms with Gasteiger partial charge in [-0.3, -0.25) is 9.89 Å². The van der Waals surface area contributed by atoms with Gasteiger partial charge >= 0.3 is 6.03 Å². The van der Waals surface area contributed by atoms with E-state index >= 15 is 0 Å². The summed E-state index contributed by atoms with van der Waals surface area (Å²) in [5.41, 5.74) is 0.815. The Morgan fingerprint density at radius 1 is 1.25 bits per heavy atom. The van der Waals surface area contributed by atoms with Gasteiger partial charge in [-0.05, 0) is 37.1 Å². The summed E-state index contributed by atoms with van der Waals surface area (Å²) in [4.78, 5) is 32.7. The van der Waals surface area contributed by atoms with E-state index in [9.17, 15) is 9.59 Å². The molecule has 1 aromatic carbocycles. The first-order valence-electron chi connectivity index (χ1n) is 9.49. The van der Waals surface area contributed by atoms with Crippen LogP contribution in [0.1, 0.15) is 31.0 Å². The molecule has 1 atom stereocenters. The molecule has 0 saturated carbocycles. The number of nitrogens with zero attached hydrogens (tertiary/aromatic N) is 4. The fraction of sp³-hybridized carbons (Fsp3) is 0.474. The number of piperidine rings is 1.